The smallest absolute Gasteiger partial charge is 0.0642 e. The van der Waals surface area contributed by atoms with Gasteiger partial charge in [-0.15, -0.1) is 0 Å². The lowest BCUT2D eigenvalue weighted by atomic mass is 9.86. The van der Waals surface area contributed by atoms with Gasteiger partial charge in [0.1, 0.15) is 0 Å². The molecule has 0 amide bonds. The zero-order valence-corrected chi connectivity index (χ0v) is 10.2. The maximum Gasteiger partial charge on any atom is 0.0642 e. The van der Waals surface area contributed by atoms with Gasteiger partial charge in [0.15, 0.2) is 0 Å². The Kier molecular flexibility index (Phi) is 5.68. The highest BCUT2D eigenvalue weighted by molar-refractivity contribution is 4.76. The van der Waals surface area contributed by atoms with Crippen molar-refractivity contribution in [1.82, 2.24) is 0 Å². The maximum absolute atomic E-state index is 9.96. The minimum Gasteiger partial charge on any atom is -0.393 e. The highest BCUT2D eigenvalue weighted by atomic mass is 16.3. The Bertz CT molecular complexity index is 150. The maximum atomic E-state index is 9.96. The first kappa shape index (κ1) is 13.9. The Labute approximate surface area is 88.3 Å². The molecular formula is C12H26O2. The van der Waals surface area contributed by atoms with E-state index in [1.165, 1.54) is 0 Å². The summed E-state index contributed by atoms with van der Waals surface area (Å²) in [5.41, 5.74) is -0.587. The molecule has 0 radical (unpaired) electrons. The summed E-state index contributed by atoms with van der Waals surface area (Å²) in [7, 11) is 0. The van der Waals surface area contributed by atoms with Crippen molar-refractivity contribution in [3.05, 3.63) is 0 Å². The molecule has 86 valence electrons. The van der Waals surface area contributed by atoms with Crippen LogP contribution in [0.4, 0.5) is 0 Å². The van der Waals surface area contributed by atoms with Crippen molar-refractivity contribution in [3.63, 3.8) is 0 Å². The van der Waals surface area contributed by atoms with Gasteiger partial charge in [-0.2, -0.15) is 0 Å². The van der Waals surface area contributed by atoms with E-state index < -0.39 is 5.60 Å². The summed E-state index contributed by atoms with van der Waals surface area (Å²) in [6.45, 7) is 9.97. The van der Waals surface area contributed by atoms with E-state index in [2.05, 4.69) is 0 Å². The Morgan fingerprint density at radius 3 is 2.00 bits per heavy atom. The number of aliphatic hydroxyl groups excluding tert-OH is 1. The van der Waals surface area contributed by atoms with Crippen LogP contribution in [0.2, 0.25) is 0 Å². The van der Waals surface area contributed by atoms with Crippen LogP contribution in [0.3, 0.4) is 0 Å². The first-order valence-electron chi connectivity index (χ1n) is 5.68. The topological polar surface area (TPSA) is 40.5 Å². The van der Waals surface area contributed by atoms with Crippen molar-refractivity contribution in [2.75, 3.05) is 0 Å². The second-order valence-electron chi connectivity index (χ2n) is 5.22. The van der Waals surface area contributed by atoms with Crippen molar-refractivity contribution < 1.29 is 10.2 Å². The second-order valence-corrected chi connectivity index (χ2v) is 5.22. The molecule has 0 fully saturated rings. The lowest BCUT2D eigenvalue weighted by molar-refractivity contribution is -0.00116. The van der Waals surface area contributed by atoms with Gasteiger partial charge in [0.05, 0.1) is 11.7 Å². The van der Waals surface area contributed by atoms with Gasteiger partial charge in [0, 0.05) is 0 Å². The Morgan fingerprint density at radius 2 is 1.64 bits per heavy atom. The Morgan fingerprint density at radius 1 is 1.14 bits per heavy atom. The highest BCUT2D eigenvalue weighted by Gasteiger charge is 2.24. The average Bonchev–Trinajstić information content (AvgIpc) is 2.03. The van der Waals surface area contributed by atoms with Crippen LogP contribution in [-0.2, 0) is 0 Å². The molecule has 0 bridgehead atoms. The van der Waals surface area contributed by atoms with Crippen LogP contribution in [0.25, 0.3) is 0 Å². The molecular weight excluding hydrogens is 176 g/mol. The number of rotatable bonds is 6. The van der Waals surface area contributed by atoms with E-state index in [1.54, 1.807) is 0 Å². The van der Waals surface area contributed by atoms with Crippen molar-refractivity contribution in [2.24, 2.45) is 11.8 Å². The minimum atomic E-state index is -0.587. The van der Waals surface area contributed by atoms with E-state index in [-0.39, 0.29) is 12.0 Å². The van der Waals surface area contributed by atoms with Gasteiger partial charge in [0.2, 0.25) is 0 Å². The molecule has 0 spiro atoms. The third kappa shape index (κ3) is 4.97. The Hall–Kier alpha value is -0.0800. The summed E-state index contributed by atoms with van der Waals surface area (Å²) in [6.07, 6.45) is 2.23. The summed E-state index contributed by atoms with van der Waals surface area (Å²) < 4.78 is 0. The fourth-order valence-electron chi connectivity index (χ4n) is 1.29. The zero-order valence-electron chi connectivity index (χ0n) is 10.2. The molecule has 2 N–H and O–H groups in total. The van der Waals surface area contributed by atoms with Crippen LogP contribution in [0.5, 0.6) is 0 Å². The molecule has 0 aromatic rings. The number of hydrogen-bond donors (Lipinski definition) is 2. The third-order valence-electron chi connectivity index (χ3n) is 3.20. The van der Waals surface area contributed by atoms with E-state index in [9.17, 15) is 10.2 Å². The largest absolute Gasteiger partial charge is 0.393 e. The molecule has 0 aromatic heterocycles. The summed E-state index contributed by atoms with van der Waals surface area (Å²) >= 11 is 0. The molecule has 0 saturated heterocycles. The lowest BCUT2D eigenvalue weighted by Crippen LogP contribution is -2.31. The lowest BCUT2D eigenvalue weighted by Gasteiger charge is -2.28. The van der Waals surface area contributed by atoms with E-state index in [0.717, 1.165) is 19.3 Å². The van der Waals surface area contributed by atoms with Crippen LogP contribution < -0.4 is 0 Å². The second kappa shape index (κ2) is 5.72. The fourth-order valence-corrected chi connectivity index (χ4v) is 1.29. The third-order valence-corrected chi connectivity index (χ3v) is 3.20. The monoisotopic (exact) mass is 202 g/mol. The van der Waals surface area contributed by atoms with Gasteiger partial charge < -0.3 is 10.2 Å². The number of hydrogen-bond acceptors (Lipinski definition) is 2. The zero-order chi connectivity index (χ0) is 11.4. The van der Waals surface area contributed by atoms with Crippen LogP contribution in [0.1, 0.15) is 53.9 Å². The van der Waals surface area contributed by atoms with E-state index in [1.807, 2.05) is 34.6 Å². The molecule has 0 rings (SSSR count). The van der Waals surface area contributed by atoms with Gasteiger partial charge >= 0.3 is 0 Å². The quantitative estimate of drug-likeness (QED) is 0.695. The molecule has 2 unspecified atom stereocenters. The molecule has 0 aliphatic heterocycles. The first-order valence-corrected chi connectivity index (χ1v) is 5.68. The molecule has 0 heterocycles. The average molecular weight is 202 g/mol. The molecule has 0 aliphatic rings. The standard InChI is InChI=1S/C12H26O2/c1-9(2)11(13)7-6-8-12(5,14)10(3)4/h9-11,13-14H,6-8H2,1-5H3. The van der Waals surface area contributed by atoms with Crippen LogP contribution in [0.15, 0.2) is 0 Å². The summed E-state index contributed by atoms with van der Waals surface area (Å²) in [5, 5.41) is 19.5. The molecule has 14 heavy (non-hydrogen) atoms. The minimum absolute atomic E-state index is 0.224. The van der Waals surface area contributed by atoms with E-state index in [4.69, 9.17) is 0 Å². The van der Waals surface area contributed by atoms with Gasteiger partial charge in [-0.1, -0.05) is 27.7 Å². The Balaban J connectivity index is 3.74. The predicted octanol–water partition coefficient (Wildman–Crippen LogP) is 2.58. The first-order chi connectivity index (χ1) is 6.27. The van der Waals surface area contributed by atoms with Crippen molar-refractivity contribution in [2.45, 2.75) is 65.6 Å². The fraction of sp³-hybridized carbons (Fsp3) is 1.00. The van der Waals surface area contributed by atoms with Gasteiger partial charge in [-0.05, 0) is 38.0 Å². The summed E-state index contributed by atoms with van der Waals surface area (Å²) in [5.74, 6) is 0.595. The number of aliphatic hydroxyl groups is 2. The summed E-state index contributed by atoms with van der Waals surface area (Å²) in [6, 6.07) is 0. The SMILES string of the molecule is CC(C)C(O)CCCC(C)(O)C(C)C. The van der Waals surface area contributed by atoms with Crippen molar-refractivity contribution >= 4 is 0 Å². The van der Waals surface area contributed by atoms with E-state index in [0.29, 0.717) is 5.92 Å². The van der Waals surface area contributed by atoms with Crippen LogP contribution in [-0.4, -0.2) is 21.9 Å². The van der Waals surface area contributed by atoms with Crippen LogP contribution in [0, 0.1) is 11.8 Å². The molecule has 0 aliphatic carbocycles. The van der Waals surface area contributed by atoms with Gasteiger partial charge in [0.25, 0.3) is 0 Å². The predicted molar refractivity (Wildman–Crippen MR) is 60.2 cm³/mol. The highest BCUT2D eigenvalue weighted by Crippen LogP contribution is 2.23. The van der Waals surface area contributed by atoms with Crippen molar-refractivity contribution in [3.8, 4) is 0 Å². The molecule has 0 saturated carbocycles. The van der Waals surface area contributed by atoms with Crippen LogP contribution >= 0.6 is 0 Å². The van der Waals surface area contributed by atoms with Crippen molar-refractivity contribution in [1.29, 1.82) is 0 Å². The van der Waals surface area contributed by atoms with E-state index >= 15 is 0 Å². The molecule has 0 aromatic carbocycles. The van der Waals surface area contributed by atoms with Gasteiger partial charge in [-0.3, -0.25) is 0 Å². The molecule has 2 heteroatoms. The van der Waals surface area contributed by atoms with Gasteiger partial charge in [-0.25, -0.2) is 0 Å². The summed E-state index contributed by atoms with van der Waals surface area (Å²) in [4.78, 5) is 0. The molecule has 2 atom stereocenters. The molecule has 2 nitrogen and oxygen atoms in total. The normalized spacial score (nSPS) is 18.6.